The molecular formula is C19H17F3N6O2. The zero-order valence-electron chi connectivity index (χ0n) is 15.9. The van der Waals surface area contributed by atoms with E-state index < -0.39 is 23.9 Å². The summed E-state index contributed by atoms with van der Waals surface area (Å²) >= 11 is 0. The number of halogens is 3. The van der Waals surface area contributed by atoms with E-state index in [-0.39, 0.29) is 28.6 Å². The van der Waals surface area contributed by atoms with Gasteiger partial charge in [0.25, 0.3) is 0 Å². The highest BCUT2D eigenvalue weighted by Gasteiger charge is 2.24. The Morgan fingerprint density at radius 2 is 1.97 bits per heavy atom. The van der Waals surface area contributed by atoms with Crippen molar-refractivity contribution < 1.29 is 22.7 Å². The zero-order chi connectivity index (χ0) is 21.9. The van der Waals surface area contributed by atoms with Crippen LogP contribution in [-0.2, 0) is 5.54 Å². The molecule has 0 aliphatic heterocycles. The van der Waals surface area contributed by atoms with Crippen molar-refractivity contribution in [3.05, 3.63) is 59.7 Å². The molecule has 0 bridgehead atoms. The first-order valence-electron chi connectivity index (χ1n) is 8.66. The van der Waals surface area contributed by atoms with Crippen LogP contribution < -0.4 is 15.8 Å². The van der Waals surface area contributed by atoms with E-state index in [9.17, 15) is 18.0 Å². The van der Waals surface area contributed by atoms with Crippen LogP contribution in [0.15, 0.2) is 42.6 Å². The molecule has 11 heteroatoms. The average Bonchev–Trinajstić information content (AvgIpc) is 2.68. The Morgan fingerprint density at radius 3 is 2.60 bits per heavy atom. The molecule has 1 aromatic carbocycles. The summed E-state index contributed by atoms with van der Waals surface area (Å²) in [6, 6.07) is 8.09. The number of aromatic nitrogens is 4. The van der Waals surface area contributed by atoms with Gasteiger partial charge in [0.2, 0.25) is 17.7 Å². The smallest absolute Gasteiger partial charge is 0.388 e. The van der Waals surface area contributed by atoms with Crippen LogP contribution in [0.2, 0.25) is 0 Å². The maximum Gasteiger partial charge on any atom is 0.388 e. The number of nitrogens with two attached hydrogens (primary N) is 1. The predicted molar refractivity (Wildman–Crippen MR) is 101 cm³/mol. The molecule has 156 valence electrons. The highest BCUT2D eigenvalue weighted by atomic mass is 19.3. The fourth-order valence-corrected chi connectivity index (χ4v) is 2.59. The van der Waals surface area contributed by atoms with Crippen LogP contribution in [0, 0.1) is 5.82 Å². The minimum atomic E-state index is -2.99. The Kier molecular flexibility index (Phi) is 5.81. The van der Waals surface area contributed by atoms with E-state index in [1.165, 1.54) is 30.5 Å². The van der Waals surface area contributed by atoms with E-state index in [0.717, 1.165) is 6.07 Å². The van der Waals surface area contributed by atoms with Gasteiger partial charge >= 0.3 is 6.61 Å². The molecule has 2 aromatic heterocycles. The molecule has 2 heterocycles. The second-order valence-electron chi connectivity index (χ2n) is 6.72. The molecule has 0 spiro atoms. The van der Waals surface area contributed by atoms with E-state index in [1.54, 1.807) is 19.9 Å². The largest absolute Gasteiger partial charge is 0.417 e. The lowest BCUT2D eigenvalue weighted by Crippen LogP contribution is -2.30. The number of anilines is 1. The minimum Gasteiger partial charge on any atom is -0.417 e. The highest BCUT2D eigenvalue weighted by Crippen LogP contribution is 2.26. The maximum atomic E-state index is 14.1. The van der Waals surface area contributed by atoms with Crippen LogP contribution in [0.25, 0.3) is 11.3 Å². The van der Waals surface area contributed by atoms with Gasteiger partial charge in [-0.25, -0.2) is 14.4 Å². The fraction of sp³-hybridized carbons (Fsp3) is 0.211. The van der Waals surface area contributed by atoms with Crippen LogP contribution in [0.1, 0.15) is 29.9 Å². The number of hydrogen-bond acceptors (Lipinski definition) is 7. The number of nitrogens with one attached hydrogen (secondary N) is 1. The van der Waals surface area contributed by atoms with Crippen LogP contribution in [0.5, 0.6) is 5.88 Å². The van der Waals surface area contributed by atoms with Crippen molar-refractivity contribution >= 4 is 11.9 Å². The number of primary amides is 1. The van der Waals surface area contributed by atoms with Gasteiger partial charge in [-0.05, 0) is 38.1 Å². The third-order valence-electron chi connectivity index (χ3n) is 4.09. The summed E-state index contributed by atoms with van der Waals surface area (Å²) in [5.74, 6) is -1.45. The summed E-state index contributed by atoms with van der Waals surface area (Å²) in [6.07, 6.45) is 1.28. The first kappa shape index (κ1) is 21.0. The number of alkyl halides is 2. The normalized spacial score (nSPS) is 11.4. The molecule has 0 aliphatic carbocycles. The number of pyridine rings is 1. The van der Waals surface area contributed by atoms with E-state index >= 15 is 0 Å². The van der Waals surface area contributed by atoms with Crippen LogP contribution in [-0.4, -0.2) is 32.7 Å². The van der Waals surface area contributed by atoms with E-state index in [1.807, 2.05) is 0 Å². The molecule has 0 fully saturated rings. The van der Waals surface area contributed by atoms with Crippen molar-refractivity contribution in [3.8, 4) is 17.1 Å². The SMILES string of the molecule is CC(C)(Nc1ncc(-c2cc(C(N)=O)ccc2F)nn1)c1cccc(OC(F)F)n1. The number of amides is 1. The topological polar surface area (TPSA) is 116 Å². The van der Waals surface area contributed by atoms with Crippen LogP contribution >= 0.6 is 0 Å². The Morgan fingerprint density at radius 1 is 1.20 bits per heavy atom. The van der Waals surface area contributed by atoms with Gasteiger partial charge in [0.1, 0.15) is 11.5 Å². The first-order chi connectivity index (χ1) is 14.2. The summed E-state index contributed by atoms with van der Waals surface area (Å²) in [6.45, 7) is 0.473. The van der Waals surface area contributed by atoms with Gasteiger partial charge in [-0.3, -0.25) is 4.79 Å². The predicted octanol–water partition coefficient (Wildman–Crippen LogP) is 3.12. The lowest BCUT2D eigenvalue weighted by atomic mass is 10.0. The minimum absolute atomic E-state index is 0.0237. The molecule has 8 nitrogen and oxygen atoms in total. The lowest BCUT2D eigenvalue weighted by Gasteiger charge is -2.25. The van der Waals surface area contributed by atoms with Gasteiger partial charge in [0.05, 0.1) is 17.4 Å². The third-order valence-corrected chi connectivity index (χ3v) is 4.09. The molecule has 0 aliphatic rings. The number of benzene rings is 1. The monoisotopic (exact) mass is 418 g/mol. The number of ether oxygens (including phenoxy) is 1. The second kappa shape index (κ2) is 8.31. The Bertz CT molecular complexity index is 1060. The Labute approximate surface area is 169 Å². The molecule has 3 rings (SSSR count). The van der Waals surface area contributed by atoms with Gasteiger partial charge in [0.15, 0.2) is 0 Å². The maximum absolute atomic E-state index is 14.1. The molecule has 1 amide bonds. The molecule has 0 atom stereocenters. The summed E-state index contributed by atoms with van der Waals surface area (Å²) in [5, 5.41) is 10.8. The highest BCUT2D eigenvalue weighted by molar-refractivity contribution is 5.94. The average molecular weight is 418 g/mol. The van der Waals surface area contributed by atoms with Gasteiger partial charge in [-0.1, -0.05) is 6.07 Å². The van der Waals surface area contributed by atoms with Crippen molar-refractivity contribution in [2.24, 2.45) is 5.73 Å². The molecular weight excluding hydrogens is 401 g/mol. The molecule has 30 heavy (non-hydrogen) atoms. The van der Waals surface area contributed by atoms with Crippen molar-refractivity contribution in [2.45, 2.75) is 26.0 Å². The summed E-state index contributed by atoms with van der Waals surface area (Å²) < 4.78 is 43.2. The van der Waals surface area contributed by atoms with Gasteiger partial charge in [-0.2, -0.15) is 8.78 Å². The van der Waals surface area contributed by atoms with Gasteiger partial charge in [-0.15, -0.1) is 10.2 Å². The molecule has 3 aromatic rings. The van der Waals surface area contributed by atoms with Gasteiger partial charge < -0.3 is 15.8 Å². The fourth-order valence-electron chi connectivity index (χ4n) is 2.59. The number of rotatable bonds is 7. The van der Waals surface area contributed by atoms with Crippen molar-refractivity contribution in [1.29, 1.82) is 0 Å². The van der Waals surface area contributed by atoms with Crippen molar-refractivity contribution in [2.75, 3.05) is 5.32 Å². The molecule has 0 saturated heterocycles. The zero-order valence-corrected chi connectivity index (χ0v) is 15.9. The molecule has 0 saturated carbocycles. The summed E-state index contributed by atoms with van der Waals surface area (Å²) in [4.78, 5) is 19.5. The van der Waals surface area contributed by atoms with Crippen molar-refractivity contribution in [3.63, 3.8) is 0 Å². The van der Waals surface area contributed by atoms with Crippen LogP contribution in [0.3, 0.4) is 0 Å². The summed E-state index contributed by atoms with van der Waals surface area (Å²) in [7, 11) is 0. The first-order valence-corrected chi connectivity index (χ1v) is 8.66. The quantitative estimate of drug-likeness (QED) is 0.606. The Balaban J connectivity index is 1.82. The molecule has 0 unspecified atom stereocenters. The lowest BCUT2D eigenvalue weighted by molar-refractivity contribution is -0.0530. The van der Waals surface area contributed by atoms with E-state index in [4.69, 9.17) is 5.73 Å². The third kappa shape index (κ3) is 4.80. The van der Waals surface area contributed by atoms with E-state index in [0.29, 0.717) is 5.69 Å². The number of nitrogens with zero attached hydrogens (tertiary/aromatic N) is 4. The number of carbonyl (C=O) groups excluding carboxylic acids is 1. The second-order valence-corrected chi connectivity index (χ2v) is 6.72. The van der Waals surface area contributed by atoms with E-state index in [2.05, 4.69) is 30.2 Å². The molecule has 3 N–H and O–H groups in total. The van der Waals surface area contributed by atoms with Gasteiger partial charge in [0, 0.05) is 17.2 Å². The Hall–Kier alpha value is -3.76. The number of hydrogen-bond donors (Lipinski definition) is 2. The standard InChI is InChI=1S/C19H17F3N6O2/c1-19(2,14-4-3-5-15(25-14)30-17(21)22)26-18-24-9-13(27-28-18)11-8-10(16(23)29)6-7-12(11)20/h3-9,17H,1-2H3,(H2,23,29)(H,24,26,28). The van der Waals surface area contributed by atoms with Crippen molar-refractivity contribution in [1.82, 2.24) is 20.2 Å². The van der Waals surface area contributed by atoms with Crippen LogP contribution in [0.4, 0.5) is 19.1 Å². The summed E-state index contributed by atoms with van der Waals surface area (Å²) in [5.41, 5.74) is 4.98. The number of carbonyl (C=O) groups is 1. The molecule has 0 radical (unpaired) electrons.